The van der Waals surface area contributed by atoms with Gasteiger partial charge in [0.2, 0.25) is 0 Å². The summed E-state index contributed by atoms with van der Waals surface area (Å²) in [6.45, 7) is 0.112. The van der Waals surface area contributed by atoms with Gasteiger partial charge in [-0.1, -0.05) is 30.3 Å². The van der Waals surface area contributed by atoms with Crippen LogP contribution in [0.25, 0.3) is 5.69 Å². The number of amides is 1. The second-order valence-corrected chi connectivity index (χ2v) is 6.06. The third-order valence-electron chi connectivity index (χ3n) is 4.24. The number of ether oxygens (including phenoxy) is 1. The average Bonchev–Trinajstić information content (AvgIpc) is 3.45. The van der Waals surface area contributed by atoms with E-state index in [0.717, 1.165) is 11.3 Å². The molecular weight excluding hydrogens is 360 g/mol. The summed E-state index contributed by atoms with van der Waals surface area (Å²) in [5.74, 6) is -0.937. The molecule has 1 aliphatic rings. The summed E-state index contributed by atoms with van der Waals surface area (Å²) < 4.78 is 6.59. The Labute approximate surface area is 160 Å². The van der Waals surface area contributed by atoms with E-state index in [1.54, 1.807) is 24.3 Å². The lowest BCUT2D eigenvalue weighted by Gasteiger charge is -2.11. The summed E-state index contributed by atoms with van der Waals surface area (Å²) >= 11 is 0. The van der Waals surface area contributed by atoms with Crippen molar-refractivity contribution in [3.05, 3.63) is 72.1 Å². The molecule has 140 valence electrons. The SMILES string of the molecule is O=C(OCC(=O)N1CCC(c2ccccc2)=N1)c1ccc(-n2cnnn2)cc1. The van der Waals surface area contributed by atoms with E-state index in [-0.39, 0.29) is 12.5 Å². The third-order valence-corrected chi connectivity index (χ3v) is 4.24. The second kappa shape index (κ2) is 7.78. The van der Waals surface area contributed by atoms with Crippen molar-refractivity contribution in [2.75, 3.05) is 13.2 Å². The number of carbonyl (C=O) groups excluding carboxylic acids is 2. The summed E-state index contributed by atoms with van der Waals surface area (Å²) in [6, 6.07) is 16.2. The second-order valence-electron chi connectivity index (χ2n) is 6.06. The van der Waals surface area contributed by atoms with Crippen LogP contribution >= 0.6 is 0 Å². The van der Waals surface area contributed by atoms with Crippen LogP contribution in [0.2, 0.25) is 0 Å². The average molecular weight is 376 g/mol. The van der Waals surface area contributed by atoms with Crippen molar-refractivity contribution in [2.45, 2.75) is 6.42 Å². The van der Waals surface area contributed by atoms with Crippen LogP contribution in [-0.4, -0.2) is 56.0 Å². The van der Waals surface area contributed by atoms with E-state index < -0.39 is 5.97 Å². The zero-order chi connectivity index (χ0) is 19.3. The highest BCUT2D eigenvalue weighted by atomic mass is 16.5. The van der Waals surface area contributed by atoms with Crippen LogP contribution in [0.15, 0.2) is 66.0 Å². The van der Waals surface area contributed by atoms with Crippen LogP contribution in [0.3, 0.4) is 0 Å². The van der Waals surface area contributed by atoms with Crippen LogP contribution in [0.5, 0.6) is 0 Å². The molecule has 1 aliphatic heterocycles. The zero-order valence-corrected chi connectivity index (χ0v) is 14.8. The maximum atomic E-state index is 12.3. The van der Waals surface area contributed by atoms with E-state index in [1.165, 1.54) is 16.0 Å². The number of hydrazone groups is 1. The van der Waals surface area contributed by atoms with Gasteiger partial charge in [-0.2, -0.15) is 5.10 Å². The van der Waals surface area contributed by atoms with Crippen LogP contribution < -0.4 is 0 Å². The normalized spacial score (nSPS) is 13.3. The van der Waals surface area contributed by atoms with Gasteiger partial charge in [0.05, 0.1) is 23.5 Å². The molecule has 0 N–H and O–H groups in total. The fraction of sp³-hybridized carbons (Fsp3) is 0.158. The molecular formula is C19H16N6O3. The van der Waals surface area contributed by atoms with E-state index >= 15 is 0 Å². The van der Waals surface area contributed by atoms with Crippen molar-refractivity contribution in [3.8, 4) is 5.69 Å². The lowest BCUT2D eigenvalue weighted by atomic mass is 10.1. The van der Waals surface area contributed by atoms with Crippen LogP contribution in [-0.2, 0) is 9.53 Å². The van der Waals surface area contributed by atoms with E-state index in [0.29, 0.717) is 24.2 Å². The van der Waals surface area contributed by atoms with Crippen LogP contribution in [0.4, 0.5) is 0 Å². The Balaban J connectivity index is 1.33. The van der Waals surface area contributed by atoms with Crippen LogP contribution in [0, 0.1) is 0 Å². The summed E-state index contributed by atoms with van der Waals surface area (Å²) in [5, 5.41) is 16.6. The van der Waals surface area contributed by atoms with Gasteiger partial charge in [-0.3, -0.25) is 4.79 Å². The number of esters is 1. The molecule has 2 heterocycles. The quantitative estimate of drug-likeness (QED) is 0.625. The molecule has 0 spiro atoms. The van der Waals surface area contributed by atoms with Gasteiger partial charge >= 0.3 is 5.97 Å². The van der Waals surface area contributed by atoms with Gasteiger partial charge in [-0.05, 0) is 40.3 Å². The summed E-state index contributed by atoms with van der Waals surface area (Å²) in [4.78, 5) is 24.5. The maximum Gasteiger partial charge on any atom is 0.338 e. The first-order valence-corrected chi connectivity index (χ1v) is 8.64. The van der Waals surface area contributed by atoms with Crippen molar-refractivity contribution in [3.63, 3.8) is 0 Å². The highest BCUT2D eigenvalue weighted by molar-refractivity contribution is 6.02. The van der Waals surface area contributed by atoms with Gasteiger partial charge < -0.3 is 4.74 Å². The zero-order valence-electron chi connectivity index (χ0n) is 14.8. The summed E-state index contributed by atoms with van der Waals surface area (Å²) in [5.41, 5.74) is 2.87. The van der Waals surface area contributed by atoms with Gasteiger partial charge in [-0.25, -0.2) is 14.5 Å². The molecule has 0 atom stereocenters. The standard InChI is InChI=1S/C19H16N6O3/c26-18(24-11-10-17(21-24)14-4-2-1-3-5-14)12-28-19(27)15-6-8-16(9-7-15)25-13-20-22-23-25/h1-9,13H,10-12H2. The van der Waals surface area contributed by atoms with E-state index in [4.69, 9.17) is 4.74 Å². The van der Waals surface area contributed by atoms with Gasteiger partial charge in [0.1, 0.15) is 6.33 Å². The van der Waals surface area contributed by atoms with Crippen molar-refractivity contribution in [2.24, 2.45) is 5.10 Å². The van der Waals surface area contributed by atoms with E-state index in [9.17, 15) is 9.59 Å². The highest BCUT2D eigenvalue weighted by Crippen LogP contribution is 2.14. The predicted molar refractivity (Wildman–Crippen MR) is 98.7 cm³/mol. The largest absolute Gasteiger partial charge is 0.452 e. The Morgan fingerprint density at radius 2 is 1.82 bits per heavy atom. The molecule has 4 rings (SSSR count). The molecule has 0 saturated carbocycles. The first-order chi connectivity index (χ1) is 13.7. The molecule has 9 nitrogen and oxygen atoms in total. The van der Waals surface area contributed by atoms with Crippen LogP contribution in [0.1, 0.15) is 22.3 Å². The minimum Gasteiger partial charge on any atom is -0.452 e. The van der Waals surface area contributed by atoms with E-state index in [1.807, 2.05) is 30.3 Å². The lowest BCUT2D eigenvalue weighted by Crippen LogP contribution is -2.28. The Bertz CT molecular complexity index is 1000. The number of hydrogen-bond donors (Lipinski definition) is 0. The summed E-state index contributed by atoms with van der Waals surface area (Å²) in [6.07, 6.45) is 2.12. The van der Waals surface area contributed by atoms with Gasteiger partial charge in [-0.15, -0.1) is 5.10 Å². The fourth-order valence-electron chi connectivity index (χ4n) is 2.79. The first-order valence-electron chi connectivity index (χ1n) is 8.64. The fourth-order valence-corrected chi connectivity index (χ4v) is 2.79. The van der Waals surface area contributed by atoms with Gasteiger partial charge in [0.15, 0.2) is 6.61 Å². The highest BCUT2D eigenvalue weighted by Gasteiger charge is 2.22. The minimum atomic E-state index is -0.580. The smallest absolute Gasteiger partial charge is 0.338 e. The molecule has 0 radical (unpaired) electrons. The lowest BCUT2D eigenvalue weighted by molar-refractivity contribution is -0.134. The summed E-state index contributed by atoms with van der Waals surface area (Å²) in [7, 11) is 0. The van der Waals surface area contributed by atoms with Crippen molar-refractivity contribution in [1.29, 1.82) is 0 Å². The number of nitrogens with zero attached hydrogens (tertiary/aromatic N) is 6. The molecule has 2 aromatic carbocycles. The van der Waals surface area contributed by atoms with Crippen molar-refractivity contribution < 1.29 is 14.3 Å². The maximum absolute atomic E-state index is 12.3. The van der Waals surface area contributed by atoms with Gasteiger partial charge in [0.25, 0.3) is 5.91 Å². The molecule has 0 aliphatic carbocycles. The number of carbonyl (C=O) groups is 2. The molecule has 28 heavy (non-hydrogen) atoms. The Morgan fingerprint density at radius 1 is 1.04 bits per heavy atom. The molecule has 1 amide bonds. The molecule has 3 aromatic rings. The minimum absolute atomic E-state index is 0.333. The molecule has 1 aromatic heterocycles. The number of rotatable bonds is 5. The topological polar surface area (TPSA) is 103 Å². The Hall–Kier alpha value is -3.88. The molecule has 0 bridgehead atoms. The number of aromatic nitrogens is 4. The third kappa shape index (κ3) is 3.78. The number of hydrogen-bond acceptors (Lipinski definition) is 7. The first kappa shape index (κ1) is 17.5. The van der Waals surface area contributed by atoms with E-state index in [2.05, 4.69) is 20.6 Å². The Morgan fingerprint density at radius 3 is 2.54 bits per heavy atom. The van der Waals surface area contributed by atoms with Crippen molar-refractivity contribution >= 4 is 17.6 Å². The monoisotopic (exact) mass is 376 g/mol. The molecule has 0 unspecified atom stereocenters. The van der Waals surface area contributed by atoms with Gasteiger partial charge in [0, 0.05) is 6.42 Å². The van der Waals surface area contributed by atoms with Crippen molar-refractivity contribution in [1.82, 2.24) is 25.2 Å². The molecule has 0 fully saturated rings. The number of benzene rings is 2. The Kier molecular flexibility index (Phi) is 4.87. The molecule has 9 heteroatoms. The predicted octanol–water partition coefficient (Wildman–Crippen LogP) is 1.46. The number of tetrazole rings is 1. The molecule has 0 saturated heterocycles.